The molecule has 4 aromatic rings. The third-order valence-corrected chi connectivity index (χ3v) is 3.72. The first kappa shape index (κ1) is 13.6. The molecule has 0 atom stereocenters. The van der Waals surface area contributed by atoms with E-state index in [1.54, 1.807) is 0 Å². The number of aromatic nitrogens is 4. The summed E-state index contributed by atoms with van der Waals surface area (Å²) in [5.41, 5.74) is 4.07. The van der Waals surface area contributed by atoms with Crippen LogP contribution in [0.5, 0.6) is 0 Å². The maximum absolute atomic E-state index is 4.49. The van der Waals surface area contributed by atoms with Crippen molar-refractivity contribution in [3.63, 3.8) is 0 Å². The highest BCUT2D eigenvalue weighted by Crippen LogP contribution is 2.14. The van der Waals surface area contributed by atoms with E-state index >= 15 is 0 Å². The standard InChI is InChI=1S/C17H18N6/c1-2-7-13-12(6-1)20-16(21-13)18-10-5-11-19-17-22-14-8-3-4-9-15(14)23-17/h1-4,6-9H,5,10-11H2,(H2,18,20,21)(H2,19,22,23). The number of imidazole rings is 2. The van der Waals surface area contributed by atoms with Crippen molar-refractivity contribution in [1.29, 1.82) is 0 Å². The molecule has 0 aliphatic heterocycles. The Morgan fingerprint density at radius 1 is 0.696 bits per heavy atom. The molecule has 2 aromatic carbocycles. The molecule has 0 unspecified atom stereocenters. The van der Waals surface area contributed by atoms with Gasteiger partial charge in [-0.25, -0.2) is 9.97 Å². The van der Waals surface area contributed by atoms with Gasteiger partial charge in [-0.15, -0.1) is 0 Å². The number of rotatable bonds is 6. The number of fused-ring (bicyclic) bond motifs is 2. The van der Waals surface area contributed by atoms with Crippen molar-refractivity contribution < 1.29 is 0 Å². The summed E-state index contributed by atoms with van der Waals surface area (Å²) >= 11 is 0. The Morgan fingerprint density at radius 3 is 1.65 bits per heavy atom. The van der Waals surface area contributed by atoms with Crippen molar-refractivity contribution in [3.05, 3.63) is 48.5 Å². The number of hydrogen-bond donors (Lipinski definition) is 4. The van der Waals surface area contributed by atoms with E-state index in [-0.39, 0.29) is 0 Å². The summed E-state index contributed by atoms with van der Waals surface area (Å²) in [6, 6.07) is 16.0. The summed E-state index contributed by atoms with van der Waals surface area (Å²) in [7, 11) is 0. The van der Waals surface area contributed by atoms with Gasteiger partial charge in [-0.2, -0.15) is 0 Å². The second-order valence-corrected chi connectivity index (χ2v) is 5.41. The van der Waals surface area contributed by atoms with Gasteiger partial charge < -0.3 is 20.6 Å². The number of H-pyrrole nitrogens is 2. The summed E-state index contributed by atoms with van der Waals surface area (Å²) < 4.78 is 0. The molecule has 6 nitrogen and oxygen atoms in total. The van der Waals surface area contributed by atoms with Crippen LogP contribution in [-0.2, 0) is 0 Å². The lowest BCUT2D eigenvalue weighted by atomic mass is 10.3. The molecule has 0 aliphatic rings. The van der Waals surface area contributed by atoms with Crippen LogP contribution in [-0.4, -0.2) is 33.0 Å². The largest absolute Gasteiger partial charge is 0.356 e. The van der Waals surface area contributed by atoms with Crippen LogP contribution >= 0.6 is 0 Å². The molecule has 0 fully saturated rings. The minimum atomic E-state index is 0.815. The van der Waals surface area contributed by atoms with E-state index in [2.05, 4.69) is 30.6 Å². The van der Waals surface area contributed by atoms with Gasteiger partial charge in [0, 0.05) is 13.1 Å². The lowest BCUT2D eigenvalue weighted by Crippen LogP contribution is -2.10. The van der Waals surface area contributed by atoms with Crippen LogP contribution in [0.1, 0.15) is 6.42 Å². The number of para-hydroxylation sites is 4. The van der Waals surface area contributed by atoms with Gasteiger partial charge in [-0.1, -0.05) is 24.3 Å². The maximum atomic E-state index is 4.49. The number of aromatic amines is 2. The Labute approximate surface area is 133 Å². The molecule has 0 aliphatic carbocycles. The molecule has 0 amide bonds. The predicted octanol–water partition coefficient (Wildman–Crippen LogP) is 3.35. The van der Waals surface area contributed by atoms with Crippen LogP contribution in [0.3, 0.4) is 0 Å². The van der Waals surface area contributed by atoms with Crippen molar-refractivity contribution >= 4 is 34.0 Å². The molecule has 0 saturated heterocycles. The molecule has 0 bridgehead atoms. The molecule has 0 saturated carbocycles. The van der Waals surface area contributed by atoms with Gasteiger partial charge in [0.1, 0.15) is 0 Å². The Morgan fingerprint density at radius 2 is 1.17 bits per heavy atom. The van der Waals surface area contributed by atoms with Crippen LogP contribution < -0.4 is 10.6 Å². The Hall–Kier alpha value is -3.02. The zero-order valence-corrected chi connectivity index (χ0v) is 12.6. The van der Waals surface area contributed by atoms with Gasteiger partial charge in [-0.05, 0) is 30.7 Å². The Kier molecular flexibility index (Phi) is 3.56. The molecular weight excluding hydrogens is 288 g/mol. The van der Waals surface area contributed by atoms with Crippen LogP contribution in [0, 0.1) is 0 Å². The molecule has 2 heterocycles. The minimum Gasteiger partial charge on any atom is -0.356 e. The van der Waals surface area contributed by atoms with E-state index in [0.29, 0.717) is 0 Å². The molecule has 4 rings (SSSR count). The first-order valence-corrected chi connectivity index (χ1v) is 7.76. The smallest absolute Gasteiger partial charge is 0.201 e. The van der Waals surface area contributed by atoms with E-state index in [1.165, 1.54) is 0 Å². The molecular formula is C17H18N6. The summed E-state index contributed by atoms with van der Waals surface area (Å²) in [4.78, 5) is 15.5. The second kappa shape index (κ2) is 6.00. The van der Waals surface area contributed by atoms with E-state index in [4.69, 9.17) is 0 Å². The number of hydrogen-bond acceptors (Lipinski definition) is 4. The van der Waals surface area contributed by atoms with Crippen LogP contribution in [0.4, 0.5) is 11.9 Å². The SMILES string of the molecule is c1ccc2[nH]c(NCCCNc3nc4ccccc4[nH]3)nc2c1. The lowest BCUT2D eigenvalue weighted by Gasteiger charge is -2.04. The highest BCUT2D eigenvalue weighted by atomic mass is 15.1. The zero-order chi connectivity index (χ0) is 15.5. The van der Waals surface area contributed by atoms with Crippen LogP contribution in [0.2, 0.25) is 0 Å². The van der Waals surface area contributed by atoms with Crippen molar-refractivity contribution in [2.75, 3.05) is 23.7 Å². The van der Waals surface area contributed by atoms with Crippen molar-refractivity contribution in [2.24, 2.45) is 0 Å². The number of anilines is 2. The highest BCUT2D eigenvalue weighted by Gasteiger charge is 2.02. The monoisotopic (exact) mass is 306 g/mol. The number of nitrogens with zero attached hydrogens (tertiary/aromatic N) is 2. The fraction of sp³-hybridized carbons (Fsp3) is 0.176. The minimum absolute atomic E-state index is 0.815. The van der Waals surface area contributed by atoms with Gasteiger partial charge >= 0.3 is 0 Å². The Bertz CT molecular complexity index is 781. The zero-order valence-electron chi connectivity index (χ0n) is 12.6. The summed E-state index contributed by atoms with van der Waals surface area (Å²) in [6.45, 7) is 1.68. The fourth-order valence-corrected chi connectivity index (χ4v) is 2.58. The van der Waals surface area contributed by atoms with Gasteiger partial charge in [0.15, 0.2) is 0 Å². The maximum Gasteiger partial charge on any atom is 0.201 e. The van der Waals surface area contributed by atoms with E-state index < -0.39 is 0 Å². The molecule has 0 spiro atoms. The van der Waals surface area contributed by atoms with Crippen LogP contribution in [0.15, 0.2) is 48.5 Å². The predicted molar refractivity (Wildman–Crippen MR) is 93.8 cm³/mol. The third-order valence-electron chi connectivity index (χ3n) is 3.72. The first-order chi connectivity index (χ1) is 11.4. The average Bonchev–Trinajstić information content (AvgIpc) is 3.17. The quantitative estimate of drug-likeness (QED) is 0.412. The third kappa shape index (κ3) is 2.96. The molecule has 4 N–H and O–H groups in total. The van der Waals surface area contributed by atoms with Crippen molar-refractivity contribution in [3.8, 4) is 0 Å². The number of nitrogens with one attached hydrogen (secondary N) is 4. The van der Waals surface area contributed by atoms with Gasteiger partial charge in [0.25, 0.3) is 0 Å². The van der Waals surface area contributed by atoms with Crippen LogP contribution in [0.25, 0.3) is 22.1 Å². The second-order valence-electron chi connectivity index (χ2n) is 5.41. The van der Waals surface area contributed by atoms with Gasteiger partial charge in [-0.3, -0.25) is 0 Å². The van der Waals surface area contributed by atoms with Gasteiger partial charge in [0.05, 0.1) is 22.1 Å². The van der Waals surface area contributed by atoms with Crippen molar-refractivity contribution in [2.45, 2.75) is 6.42 Å². The van der Waals surface area contributed by atoms with Gasteiger partial charge in [0.2, 0.25) is 11.9 Å². The fourth-order valence-electron chi connectivity index (χ4n) is 2.58. The molecule has 116 valence electrons. The van der Waals surface area contributed by atoms with Crippen molar-refractivity contribution in [1.82, 2.24) is 19.9 Å². The highest BCUT2D eigenvalue weighted by molar-refractivity contribution is 5.77. The summed E-state index contributed by atoms with van der Waals surface area (Å²) in [5, 5.41) is 6.62. The van der Waals surface area contributed by atoms with E-state index in [1.807, 2.05) is 48.5 Å². The Balaban J connectivity index is 1.27. The first-order valence-electron chi connectivity index (χ1n) is 7.76. The molecule has 2 aromatic heterocycles. The van der Waals surface area contributed by atoms with E-state index in [9.17, 15) is 0 Å². The topological polar surface area (TPSA) is 81.4 Å². The molecule has 23 heavy (non-hydrogen) atoms. The molecule has 6 heteroatoms. The molecule has 0 radical (unpaired) electrons. The average molecular weight is 306 g/mol. The van der Waals surface area contributed by atoms with E-state index in [0.717, 1.165) is 53.5 Å². The summed E-state index contributed by atoms with van der Waals surface area (Å²) in [6.07, 6.45) is 0.966. The summed E-state index contributed by atoms with van der Waals surface area (Å²) in [5.74, 6) is 1.63. The number of benzene rings is 2. The lowest BCUT2D eigenvalue weighted by molar-refractivity contribution is 0.892. The normalized spacial score (nSPS) is 11.1.